The van der Waals surface area contributed by atoms with Crippen molar-refractivity contribution < 1.29 is 4.79 Å². The molecule has 4 nitrogen and oxygen atoms in total. The molecule has 0 aliphatic rings. The fraction of sp³-hybridized carbons (Fsp3) is 0.250. The van der Waals surface area contributed by atoms with E-state index in [1.165, 1.54) is 6.08 Å². The van der Waals surface area contributed by atoms with Crippen molar-refractivity contribution in [2.45, 2.75) is 20.0 Å². The normalized spacial score (nSPS) is 11.1. The van der Waals surface area contributed by atoms with Crippen LogP contribution < -0.4 is 0 Å². The number of amides is 1. The molecule has 0 radical (unpaired) electrons. The summed E-state index contributed by atoms with van der Waals surface area (Å²) >= 11 is 9.53. The highest BCUT2D eigenvalue weighted by molar-refractivity contribution is 9.10. The predicted octanol–water partition coefficient (Wildman–Crippen LogP) is 3.99. The number of carbonyl (C=O) groups excluding carboxylic acids is 1. The van der Waals surface area contributed by atoms with Gasteiger partial charge in [0.2, 0.25) is 5.91 Å². The van der Waals surface area contributed by atoms with Crippen LogP contribution in [-0.2, 0) is 17.9 Å². The Morgan fingerprint density at radius 3 is 2.86 bits per heavy atom. The summed E-state index contributed by atoms with van der Waals surface area (Å²) in [6.07, 6.45) is 5.01. The van der Waals surface area contributed by atoms with Crippen LogP contribution >= 0.6 is 27.5 Å². The number of carbonyl (C=O) groups is 1. The van der Waals surface area contributed by atoms with Crippen LogP contribution in [0, 0.1) is 0 Å². The SMILES string of the molecule is CCn1ncc(Br)c1CN(C)C(=O)/C=C/c1ccccc1Cl. The Morgan fingerprint density at radius 1 is 1.45 bits per heavy atom. The average Bonchev–Trinajstić information content (AvgIpc) is 2.86. The minimum absolute atomic E-state index is 0.0873. The van der Waals surface area contributed by atoms with E-state index in [0.29, 0.717) is 11.6 Å². The number of nitrogens with zero attached hydrogens (tertiary/aromatic N) is 3. The zero-order valence-corrected chi connectivity index (χ0v) is 14.8. The molecule has 22 heavy (non-hydrogen) atoms. The number of benzene rings is 1. The van der Waals surface area contributed by atoms with Crippen LogP contribution in [0.5, 0.6) is 0 Å². The summed E-state index contributed by atoms with van der Waals surface area (Å²) in [5.41, 5.74) is 1.80. The quantitative estimate of drug-likeness (QED) is 0.733. The highest BCUT2D eigenvalue weighted by Crippen LogP contribution is 2.19. The fourth-order valence-corrected chi connectivity index (χ4v) is 2.64. The van der Waals surface area contributed by atoms with E-state index in [0.717, 1.165) is 22.3 Å². The Balaban J connectivity index is 2.06. The van der Waals surface area contributed by atoms with Gasteiger partial charge in [0.1, 0.15) is 0 Å². The lowest BCUT2D eigenvalue weighted by Crippen LogP contribution is -2.25. The Bertz CT molecular complexity index is 696. The summed E-state index contributed by atoms with van der Waals surface area (Å²) < 4.78 is 2.77. The van der Waals surface area contributed by atoms with Gasteiger partial charge in [0.15, 0.2) is 0 Å². The van der Waals surface area contributed by atoms with Gasteiger partial charge >= 0.3 is 0 Å². The van der Waals surface area contributed by atoms with Crippen molar-refractivity contribution in [3.63, 3.8) is 0 Å². The maximum absolute atomic E-state index is 12.2. The van der Waals surface area contributed by atoms with Crippen molar-refractivity contribution in [2.24, 2.45) is 0 Å². The first kappa shape index (κ1) is 16.8. The zero-order valence-electron chi connectivity index (χ0n) is 12.5. The Kier molecular flexibility index (Phi) is 5.80. The average molecular weight is 383 g/mol. The largest absolute Gasteiger partial charge is 0.336 e. The third kappa shape index (κ3) is 3.99. The topological polar surface area (TPSA) is 38.1 Å². The molecule has 1 aromatic carbocycles. The van der Waals surface area contributed by atoms with Crippen LogP contribution in [0.4, 0.5) is 0 Å². The van der Waals surface area contributed by atoms with E-state index in [9.17, 15) is 4.79 Å². The molecule has 0 saturated carbocycles. The Hall–Kier alpha value is -1.59. The third-order valence-electron chi connectivity index (χ3n) is 3.27. The summed E-state index contributed by atoms with van der Waals surface area (Å²) in [5.74, 6) is -0.0873. The number of aryl methyl sites for hydroxylation is 1. The fourth-order valence-electron chi connectivity index (χ4n) is 2.02. The lowest BCUT2D eigenvalue weighted by Gasteiger charge is -2.16. The maximum Gasteiger partial charge on any atom is 0.246 e. The van der Waals surface area contributed by atoms with E-state index < -0.39 is 0 Å². The molecule has 0 aliphatic carbocycles. The van der Waals surface area contributed by atoms with Crippen molar-refractivity contribution in [2.75, 3.05) is 7.05 Å². The van der Waals surface area contributed by atoms with Gasteiger partial charge in [-0.1, -0.05) is 29.8 Å². The van der Waals surface area contributed by atoms with Crippen LogP contribution in [0.25, 0.3) is 6.08 Å². The van der Waals surface area contributed by atoms with E-state index >= 15 is 0 Å². The minimum Gasteiger partial charge on any atom is -0.336 e. The van der Waals surface area contributed by atoms with Gasteiger partial charge in [-0.2, -0.15) is 5.10 Å². The molecular formula is C16H17BrClN3O. The second-order valence-corrected chi connectivity index (χ2v) is 6.07. The van der Waals surface area contributed by atoms with Crippen LogP contribution in [0.15, 0.2) is 41.0 Å². The molecule has 6 heteroatoms. The molecule has 0 N–H and O–H groups in total. The van der Waals surface area contributed by atoms with Gasteiger partial charge in [-0.3, -0.25) is 9.48 Å². The Morgan fingerprint density at radius 2 is 2.18 bits per heavy atom. The predicted molar refractivity (Wildman–Crippen MR) is 92.6 cm³/mol. The van der Waals surface area contributed by atoms with Crippen LogP contribution in [0.2, 0.25) is 5.02 Å². The highest BCUT2D eigenvalue weighted by Gasteiger charge is 2.13. The summed E-state index contributed by atoms with van der Waals surface area (Å²) in [6.45, 7) is 3.26. The number of rotatable bonds is 5. The van der Waals surface area contributed by atoms with Crippen molar-refractivity contribution in [3.05, 3.63) is 57.3 Å². The molecule has 0 fully saturated rings. The molecule has 1 aromatic heterocycles. The molecule has 0 unspecified atom stereocenters. The van der Waals surface area contributed by atoms with Gasteiger partial charge in [0.25, 0.3) is 0 Å². The van der Waals surface area contributed by atoms with Gasteiger partial charge in [0.05, 0.1) is 22.9 Å². The minimum atomic E-state index is -0.0873. The Labute approximate surface area is 143 Å². The molecule has 2 aromatic rings. The van der Waals surface area contributed by atoms with Gasteiger partial charge in [-0.25, -0.2) is 0 Å². The number of aromatic nitrogens is 2. The van der Waals surface area contributed by atoms with E-state index in [1.54, 1.807) is 30.3 Å². The number of hydrogen-bond donors (Lipinski definition) is 0. The number of likely N-dealkylation sites (N-methyl/N-ethyl adjacent to an activating group) is 1. The number of hydrogen-bond acceptors (Lipinski definition) is 2. The van der Waals surface area contributed by atoms with Gasteiger partial charge < -0.3 is 4.90 Å². The molecule has 0 bridgehead atoms. The molecule has 116 valence electrons. The summed E-state index contributed by atoms with van der Waals surface area (Å²) in [4.78, 5) is 13.9. The van der Waals surface area contributed by atoms with E-state index in [4.69, 9.17) is 11.6 Å². The summed E-state index contributed by atoms with van der Waals surface area (Å²) in [7, 11) is 1.76. The van der Waals surface area contributed by atoms with Crippen LogP contribution in [-0.4, -0.2) is 27.6 Å². The van der Waals surface area contributed by atoms with E-state index in [2.05, 4.69) is 21.0 Å². The maximum atomic E-state index is 12.2. The molecule has 2 rings (SSSR count). The second-order valence-electron chi connectivity index (χ2n) is 4.80. The van der Waals surface area contributed by atoms with Crippen molar-refractivity contribution in [3.8, 4) is 0 Å². The van der Waals surface area contributed by atoms with E-state index in [1.807, 2.05) is 29.8 Å². The van der Waals surface area contributed by atoms with Crippen molar-refractivity contribution in [1.82, 2.24) is 14.7 Å². The lowest BCUT2D eigenvalue weighted by atomic mass is 10.2. The smallest absolute Gasteiger partial charge is 0.246 e. The van der Waals surface area contributed by atoms with Crippen molar-refractivity contribution >= 4 is 39.5 Å². The second kappa shape index (κ2) is 7.61. The molecular weight excluding hydrogens is 366 g/mol. The molecule has 1 heterocycles. The van der Waals surface area contributed by atoms with E-state index in [-0.39, 0.29) is 5.91 Å². The molecule has 0 saturated heterocycles. The van der Waals surface area contributed by atoms with Crippen LogP contribution in [0.1, 0.15) is 18.2 Å². The summed E-state index contributed by atoms with van der Waals surface area (Å²) in [6, 6.07) is 7.41. The first-order valence-electron chi connectivity index (χ1n) is 6.90. The molecule has 1 amide bonds. The lowest BCUT2D eigenvalue weighted by molar-refractivity contribution is -0.125. The first-order valence-corrected chi connectivity index (χ1v) is 8.08. The van der Waals surface area contributed by atoms with Gasteiger partial charge in [0, 0.05) is 24.7 Å². The van der Waals surface area contributed by atoms with Gasteiger partial charge in [-0.05, 0) is 40.6 Å². The van der Waals surface area contributed by atoms with Crippen LogP contribution in [0.3, 0.4) is 0 Å². The third-order valence-corrected chi connectivity index (χ3v) is 4.28. The molecule has 0 atom stereocenters. The molecule has 0 spiro atoms. The standard InChI is InChI=1S/C16H17BrClN3O/c1-3-21-15(13(17)10-19-21)11-20(2)16(22)9-8-12-6-4-5-7-14(12)18/h4-10H,3,11H2,1-2H3/b9-8+. The summed E-state index contributed by atoms with van der Waals surface area (Å²) in [5, 5.41) is 4.87. The van der Waals surface area contributed by atoms with Gasteiger partial charge in [-0.15, -0.1) is 0 Å². The molecule has 0 aliphatic heterocycles. The number of halogens is 2. The first-order chi connectivity index (χ1) is 10.5. The monoisotopic (exact) mass is 381 g/mol. The van der Waals surface area contributed by atoms with Crippen molar-refractivity contribution in [1.29, 1.82) is 0 Å². The zero-order chi connectivity index (χ0) is 16.1. The highest BCUT2D eigenvalue weighted by atomic mass is 79.9.